The summed E-state index contributed by atoms with van der Waals surface area (Å²) in [5.41, 5.74) is 0. The second kappa shape index (κ2) is 4.06. The van der Waals surface area contributed by atoms with Crippen molar-refractivity contribution in [3.05, 3.63) is 17.8 Å². The van der Waals surface area contributed by atoms with E-state index in [1.165, 1.54) is 0 Å². The molecule has 19 heavy (non-hydrogen) atoms. The van der Waals surface area contributed by atoms with Crippen LogP contribution in [0.5, 0.6) is 0 Å². The molecule has 0 saturated carbocycles. The van der Waals surface area contributed by atoms with E-state index in [2.05, 4.69) is 20.9 Å². The van der Waals surface area contributed by atoms with E-state index < -0.39 is 0 Å². The number of carbonyl (C=O) groups excluding carboxylic acids is 1. The predicted octanol–water partition coefficient (Wildman–Crippen LogP) is 1.33. The minimum absolute atomic E-state index is 0.143. The fraction of sp³-hybridized carbons (Fsp3) is 0.417. The number of rotatable bonds is 1. The molecule has 4 heterocycles. The average molecular weight is 276 g/mol. The lowest BCUT2D eigenvalue weighted by molar-refractivity contribution is 0.157. The number of nitrogens with zero attached hydrogens (tertiary/aromatic N) is 4. The Morgan fingerprint density at radius 2 is 2.32 bits per heavy atom. The van der Waals surface area contributed by atoms with Gasteiger partial charge < -0.3 is 9.64 Å². The molecule has 7 heteroatoms. The molecule has 0 bridgehead atoms. The Hall–Kier alpha value is -1.89. The van der Waals surface area contributed by atoms with Crippen LogP contribution in [0.1, 0.15) is 0 Å². The molecule has 0 unspecified atom stereocenters. The van der Waals surface area contributed by atoms with E-state index in [1.807, 2.05) is 10.3 Å². The number of ether oxygens (including phenoxy) is 1. The highest BCUT2D eigenvalue weighted by Gasteiger charge is 2.38. The first-order valence-electron chi connectivity index (χ1n) is 6.19. The minimum Gasteiger partial charge on any atom is -0.447 e. The number of piperazine rings is 1. The fourth-order valence-corrected chi connectivity index (χ4v) is 3.44. The van der Waals surface area contributed by atoms with Crippen LogP contribution in [0.2, 0.25) is 0 Å². The van der Waals surface area contributed by atoms with Crippen LogP contribution in [0.25, 0.3) is 10.2 Å². The average Bonchev–Trinajstić information content (AvgIpc) is 3.05. The number of hydrogen-bond acceptors (Lipinski definition) is 6. The van der Waals surface area contributed by atoms with E-state index >= 15 is 0 Å². The summed E-state index contributed by atoms with van der Waals surface area (Å²) < 4.78 is 5.09. The van der Waals surface area contributed by atoms with Crippen LogP contribution < -0.4 is 4.90 Å². The Bertz CT molecular complexity index is 643. The molecular weight excluding hydrogens is 264 g/mol. The minimum atomic E-state index is -0.187. The molecule has 2 aliphatic heterocycles. The van der Waals surface area contributed by atoms with Gasteiger partial charge in [0.2, 0.25) is 0 Å². The number of fused-ring (bicyclic) bond motifs is 2. The Labute approximate surface area is 113 Å². The predicted molar refractivity (Wildman–Crippen MR) is 71.5 cm³/mol. The van der Waals surface area contributed by atoms with Crippen LogP contribution >= 0.6 is 11.3 Å². The van der Waals surface area contributed by atoms with Gasteiger partial charge in [-0.15, -0.1) is 11.3 Å². The molecule has 2 aliphatic rings. The van der Waals surface area contributed by atoms with Gasteiger partial charge in [-0.2, -0.15) is 0 Å². The number of thiophene rings is 1. The van der Waals surface area contributed by atoms with Gasteiger partial charge in [0.15, 0.2) is 0 Å². The Morgan fingerprint density at radius 3 is 3.26 bits per heavy atom. The summed E-state index contributed by atoms with van der Waals surface area (Å²) in [6, 6.07) is 2.20. The SMILES string of the molecule is O=C1OC[C@@H]2CN(c3ncnc4sccc34)CCN12. The van der Waals surface area contributed by atoms with Crippen molar-refractivity contribution in [2.75, 3.05) is 31.1 Å². The van der Waals surface area contributed by atoms with E-state index in [1.54, 1.807) is 17.7 Å². The molecule has 2 aromatic rings. The summed E-state index contributed by atoms with van der Waals surface area (Å²) in [6.45, 7) is 2.73. The summed E-state index contributed by atoms with van der Waals surface area (Å²) >= 11 is 1.62. The van der Waals surface area contributed by atoms with Gasteiger partial charge in [0.25, 0.3) is 0 Å². The highest BCUT2D eigenvalue weighted by Crippen LogP contribution is 2.29. The molecule has 0 aromatic carbocycles. The maximum absolute atomic E-state index is 11.5. The molecule has 0 N–H and O–H groups in total. The normalized spacial score (nSPS) is 22.7. The maximum atomic E-state index is 11.5. The number of hydrogen-bond donors (Lipinski definition) is 0. The van der Waals surface area contributed by atoms with Crippen LogP contribution in [-0.2, 0) is 4.74 Å². The molecule has 0 spiro atoms. The highest BCUT2D eigenvalue weighted by atomic mass is 32.1. The maximum Gasteiger partial charge on any atom is 0.410 e. The van der Waals surface area contributed by atoms with Crippen LogP contribution in [0, 0.1) is 0 Å². The van der Waals surface area contributed by atoms with Crippen LogP contribution in [0.4, 0.5) is 10.6 Å². The van der Waals surface area contributed by atoms with Crippen LogP contribution in [-0.4, -0.2) is 53.2 Å². The van der Waals surface area contributed by atoms with Gasteiger partial charge in [-0.1, -0.05) is 0 Å². The van der Waals surface area contributed by atoms with Gasteiger partial charge in [0.05, 0.1) is 11.4 Å². The third kappa shape index (κ3) is 1.65. The lowest BCUT2D eigenvalue weighted by Crippen LogP contribution is -2.52. The van der Waals surface area contributed by atoms with E-state index in [9.17, 15) is 4.79 Å². The van der Waals surface area contributed by atoms with Gasteiger partial charge in [-0.25, -0.2) is 14.8 Å². The van der Waals surface area contributed by atoms with Crippen molar-refractivity contribution in [2.45, 2.75) is 6.04 Å². The van der Waals surface area contributed by atoms with E-state index in [-0.39, 0.29) is 12.1 Å². The van der Waals surface area contributed by atoms with E-state index in [4.69, 9.17) is 4.74 Å². The topological polar surface area (TPSA) is 58.6 Å². The van der Waals surface area contributed by atoms with Gasteiger partial charge in [-0.05, 0) is 11.4 Å². The number of anilines is 1. The zero-order chi connectivity index (χ0) is 12.8. The molecular formula is C12H12N4O2S. The Balaban J connectivity index is 1.67. The molecule has 2 fully saturated rings. The van der Waals surface area contributed by atoms with Gasteiger partial charge in [0, 0.05) is 19.6 Å². The Morgan fingerprint density at radius 1 is 1.37 bits per heavy atom. The number of aromatic nitrogens is 2. The van der Waals surface area contributed by atoms with Gasteiger partial charge in [-0.3, -0.25) is 4.90 Å². The van der Waals surface area contributed by atoms with E-state index in [0.717, 1.165) is 29.1 Å². The van der Waals surface area contributed by atoms with Crippen molar-refractivity contribution in [3.8, 4) is 0 Å². The molecule has 4 rings (SSSR count). The first-order chi connectivity index (χ1) is 9.33. The summed E-state index contributed by atoms with van der Waals surface area (Å²) in [5, 5.41) is 3.12. The summed E-state index contributed by atoms with van der Waals surface area (Å²) in [7, 11) is 0. The summed E-state index contributed by atoms with van der Waals surface area (Å²) in [6.07, 6.45) is 1.42. The first-order valence-corrected chi connectivity index (χ1v) is 7.07. The third-order valence-corrected chi connectivity index (χ3v) is 4.48. The van der Waals surface area contributed by atoms with Crippen molar-refractivity contribution < 1.29 is 9.53 Å². The summed E-state index contributed by atoms with van der Waals surface area (Å²) in [5.74, 6) is 0.963. The van der Waals surface area contributed by atoms with Gasteiger partial charge >= 0.3 is 6.09 Å². The number of cyclic esters (lactones) is 1. The fourth-order valence-electron chi connectivity index (χ4n) is 2.71. The molecule has 1 amide bonds. The monoisotopic (exact) mass is 276 g/mol. The molecule has 2 saturated heterocycles. The lowest BCUT2D eigenvalue weighted by atomic mass is 10.2. The van der Waals surface area contributed by atoms with Gasteiger partial charge in [0.1, 0.15) is 23.6 Å². The molecule has 6 nitrogen and oxygen atoms in total. The smallest absolute Gasteiger partial charge is 0.410 e. The molecule has 98 valence electrons. The second-order valence-electron chi connectivity index (χ2n) is 4.71. The van der Waals surface area contributed by atoms with Crippen molar-refractivity contribution in [1.82, 2.24) is 14.9 Å². The van der Waals surface area contributed by atoms with Crippen LogP contribution in [0.3, 0.4) is 0 Å². The Kier molecular flexibility index (Phi) is 2.34. The van der Waals surface area contributed by atoms with Crippen molar-refractivity contribution in [1.29, 1.82) is 0 Å². The molecule has 2 aromatic heterocycles. The number of carbonyl (C=O) groups is 1. The zero-order valence-corrected chi connectivity index (χ0v) is 11.0. The zero-order valence-electron chi connectivity index (χ0n) is 10.2. The molecule has 0 aliphatic carbocycles. The third-order valence-electron chi connectivity index (χ3n) is 3.66. The first kappa shape index (κ1) is 11.0. The number of amides is 1. The largest absolute Gasteiger partial charge is 0.447 e. The van der Waals surface area contributed by atoms with Crippen LogP contribution in [0.15, 0.2) is 17.8 Å². The van der Waals surface area contributed by atoms with Crippen molar-refractivity contribution in [2.24, 2.45) is 0 Å². The van der Waals surface area contributed by atoms with E-state index in [0.29, 0.717) is 13.2 Å². The molecule has 1 atom stereocenters. The second-order valence-corrected chi connectivity index (χ2v) is 5.60. The quantitative estimate of drug-likeness (QED) is 0.786. The van der Waals surface area contributed by atoms with Crippen molar-refractivity contribution in [3.63, 3.8) is 0 Å². The lowest BCUT2D eigenvalue weighted by Gasteiger charge is -2.36. The van der Waals surface area contributed by atoms with Crippen molar-refractivity contribution >= 4 is 33.5 Å². The summed E-state index contributed by atoms with van der Waals surface area (Å²) in [4.78, 5) is 25.2. The standard InChI is InChI=1S/C12H12N4O2S/c17-12-16-3-2-15(5-8(16)6-18-12)10-9-1-4-19-11(9)14-7-13-10/h1,4,7-8H,2-3,5-6H2/t8-/m0/s1. The molecule has 0 radical (unpaired) electrons. The highest BCUT2D eigenvalue weighted by molar-refractivity contribution is 7.16.